The summed E-state index contributed by atoms with van der Waals surface area (Å²) in [6.07, 6.45) is -7.79. The number of halogens is 4. The van der Waals surface area contributed by atoms with E-state index in [2.05, 4.69) is 26.0 Å². The number of nitrogens with one attached hydrogen (secondary N) is 1. The summed E-state index contributed by atoms with van der Waals surface area (Å²) in [6.45, 7) is 4.52. The number of esters is 1. The van der Waals surface area contributed by atoms with Gasteiger partial charge < -0.3 is 30.2 Å². The van der Waals surface area contributed by atoms with E-state index in [1.165, 1.54) is 12.0 Å². The first kappa shape index (κ1) is 31.1. The van der Waals surface area contributed by atoms with Crippen molar-refractivity contribution in [1.29, 1.82) is 0 Å². The number of aryl methyl sites for hydroxylation is 1. The van der Waals surface area contributed by atoms with Gasteiger partial charge in [0.05, 0.1) is 19.3 Å². The summed E-state index contributed by atoms with van der Waals surface area (Å²) in [6, 6.07) is 11.7. The lowest BCUT2D eigenvalue weighted by Gasteiger charge is -2.29. The molecule has 1 aliphatic heterocycles. The van der Waals surface area contributed by atoms with Gasteiger partial charge in [-0.25, -0.2) is 4.79 Å². The van der Waals surface area contributed by atoms with E-state index in [4.69, 9.17) is 15.2 Å². The molecule has 0 saturated carbocycles. The molecule has 3 N–H and O–H groups in total. The van der Waals surface area contributed by atoms with E-state index in [1.54, 1.807) is 25.1 Å². The van der Waals surface area contributed by atoms with Crippen LogP contribution in [0.3, 0.4) is 0 Å². The minimum Gasteiger partial charge on any atom is -0.496 e. The fourth-order valence-electron chi connectivity index (χ4n) is 4.67. The molecule has 2 amide bonds. The van der Waals surface area contributed by atoms with Gasteiger partial charge in [-0.05, 0) is 67.4 Å². The largest absolute Gasteiger partial charge is 0.496 e. The summed E-state index contributed by atoms with van der Waals surface area (Å²) in [5.41, 5.74) is 7.84. The number of fused-ring (bicyclic) bond motifs is 2. The zero-order valence-corrected chi connectivity index (χ0v) is 24.7. The molecule has 0 spiro atoms. The molecule has 1 aliphatic rings. The van der Waals surface area contributed by atoms with Gasteiger partial charge >= 0.3 is 12.1 Å². The third kappa shape index (κ3) is 6.46. The third-order valence-electron chi connectivity index (χ3n) is 6.94. The number of benzene rings is 3. The fourth-order valence-corrected chi connectivity index (χ4v) is 5.04. The Bertz CT molecular complexity index is 1530. The zero-order chi connectivity index (χ0) is 30.9. The number of hydrogen-bond acceptors (Lipinski definition) is 7. The van der Waals surface area contributed by atoms with E-state index < -0.39 is 48.3 Å². The maximum absolute atomic E-state index is 14.1. The molecule has 224 valence electrons. The average Bonchev–Trinajstić information content (AvgIpc) is 3.01. The highest BCUT2D eigenvalue weighted by atomic mass is 79.9. The molecule has 13 heteroatoms. The van der Waals surface area contributed by atoms with Gasteiger partial charge in [-0.1, -0.05) is 34.1 Å². The van der Waals surface area contributed by atoms with Gasteiger partial charge in [-0.2, -0.15) is 13.2 Å². The Kier molecular flexibility index (Phi) is 9.02. The van der Waals surface area contributed by atoms with Crippen molar-refractivity contribution in [3.63, 3.8) is 0 Å². The molecule has 3 aromatic carbocycles. The lowest BCUT2D eigenvalue weighted by Crippen LogP contribution is -2.59. The van der Waals surface area contributed by atoms with Crippen LogP contribution >= 0.6 is 15.9 Å². The van der Waals surface area contributed by atoms with Crippen molar-refractivity contribution in [2.75, 3.05) is 12.0 Å². The average molecular weight is 652 g/mol. The molecule has 0 fully saturated rings. The topological polar surface area (TPSA) is 120 Å². The maximum atomic E-state index is 14.1. The first-order chi connectivity index (χ1) is 19.7. The first-order valence-corrected chi connectivity index (χ1v) is 13.7. The number of nitrogens with two attached hydrogens (primary N) is 1. The normalized spacial score (nSPS) is 18.4. The summed E-state index contributed by atoms with van der Waals surface area (Å²) < 4.78 is 54.9. The Labute approximate surface area is 248 Å². The van der Waals surface area contributed by atoms with E-state index >= 15 is 0 Å². The van der Waals surface area contributed by atoms with Crippen molar-refractivity contribution in [1.82, 2.24) is 5.32 Å². The SMILES string of the molecule is COc1ccc2cc(Br)ccc2c1CN1C(=O)[C@@H](NC(=O)[C@@H](N)[C@H](C)OC(=O)C(F)(F)F)[C@H](C)Oc2cc(C)ccc21. The quantitative estimate of drug-likeness (QED) is 0.360. The Balaban J connectivity index is 1.70. The third-order valence-corrected chi connectivity index (χ3v) is 7.43. The van der Waals surface area contributed by atoms with Gasteiger partial charge in [-0.3, -0.25) is 9.59 Å². The highest BCUT2D eigenvalue weighted by Gasteiger charge is 2.44. The molecular formula is C29H29BrF3N3O6. The van der Waals surface area contributed by atoms with Gasteiger partial charge in [0.1, 0.15) is 35.8 Å². The fraction of sp³-hybridized carbons (Fsp3) is 0.345. The van der Waals surface area contributed by atoms with Crippen LogP contribution in [0.5, 0.6) is 11.5 Å². The number of ether oxygens (including phenoxy) is 3. The van der Waals surface area contributed by atoms with E-state index in [1.807, 2.05) is 37.3 Å². The maximum Gasteiger partial charge on any atom is 0.490 e. The minimum atomic E-state index is -5.26. The number of rotatable bonds is 7. The molecule has 3 aromatic rings. The zero-order valence-electron chi connectivity index (χ0n) is 23.1. The lowest BCUT2D eigenvalue weighted by molar-refractivity contribution is -0.204. The van der Waals surface area contributed by atoms with Crippen LogP contribution in [0.15, 0.2) is 53.0 Å². The molecule has 0 unspecified atom stereocenters. The number of alkyl halides is 3. The molecule has 4 atom stereocenters. The van der Waals surface area contributed by atoms with Crippen molar-refractivity contribution < 1.29 is 41.8 Å². The standard InChI is InChI=1S/C29H29BrF3N3O6/c1-14-5-9-21-23(11-14)41-16(3)25(35-26(37)24(34)15(2)42-28(39)29(31,32)33)27(38)36(21)13-20-19-8-7-18(30)12-17(19)6-10-22(20)40-4/h5-12,15-16,24-25H,13,34H2,1-4H3,(H,35,37)/t15-,16-,24-,25-/m0/s1. The van der Waals surface area contributed by atoms with E-state index in [9.17, 15) is 27.6 Å². The second-order valence-electron chi connectivity index (χ2n) is 9.95. The van der Waals surface area contributed by atoms with Crippen molar-refractivity contribution in [2.24, 2.45) is 5.73 Å². The van der Waals surface area contributed by atoms with Gasteiger partial charge in [0.25, 0.3) is 5.91 Å². The van der Waals surface area contributed by atoms with E-state index in [0.717, 1.165) is 27.7 Å². The molecule has 42 heavy (non-hydrogen) atoms. The molecule has 0 saturated heterocycles. The molecule has 4 rings (SSSR count). The lowest BCUT2D eigenvalue weighted by atomic mass is 10.0. The van der Waals surface area contributed by atoms with Crippen molar-refractivity contribution in [2.45, 2.75) is 57.8 Å². The van der Waals surface area contributed by atoms with Gasteiger partial charge in [0, 0.05) is 10.0 Å². The Hall–Kier alpha value is -3.84. The minimum absolute atomic E-state index is 0.0329. The van der Waals surface area contributed by atoms with Crippen LogP contribution in [0.1, 0.15) is 25.0 Å². The highest BCUT2D eigenvalue weighted by Crippen LogP contribution is 2.38. The van der Waals surface area contributed by atoms with Gasteiger partial charge in [0.2, 0.25) is 5.91 Å². The summed E-state index contributed by atoms with van der Waals surface area (Å²) in [7, 11) is 1.52. The molecule has 1 heterocycles. The number of amides is 2. The van der Waals surface area contributed by atoms with Crippen LogP contribution in [-0.2, 0) is 25.7 Å². The number of nitrogens with zero attached hydrogens (tertiary/aromatic N) is 1. The predicted molar refractivity (Wildman–Crippen MR) is 152 cm³/mol. The molecule has 0 radical (unpaired) electrons. The number of carbonyl (C=O) groups excluding carboxylic acids is 3. The van der Waals surface area contributed by atoms with E-state index in [0.29, 0.717) is 22.7 Å². The predicted octanol–water partition coefficient (Wildman–Crippen LogP) is 4.54. The van der Waals surface area contributed by atoms with Crippen LogP contribution in [0, 0.1) is 6.92 Å². The molecule has 0 bridgehead atoms. The van der Waals surface area contributed by atoms with Gasteiger partial charge in [0.15, 0.2) is 0 Å². The monoisotopic (exact) mass is 651 g/mol. The highest BCUT2D eigenvalue weighted by molar-refractivity contribution is 9.10. The van der Waals surface area contributed by atoms with Gasteiger partial charge in [-0.15, -0.1) is 0 Å². The number of carbonyl (C=O) groups is 3. The van der Waals surface area contributed by atoms with Crippen molar-refractivity contribution in [3.05, 3.63) is 64.1 Å². The van der Waals surface area contributed by atoms with E-state index in [-0.39, 0.29) is 6.54 Å². The molecule has 9 nitrogen and oxygen atoms in total. The summed E-state index contributed by atoms with van der Waals surface area (Å²) in [4.78, 5) is 39.9. The number of anilines is 1. The summed E-state index contributed by atoms with van der Waals surface area (Å²) in [5, 5.41) is 4.23. The second kappa shape index (κ2) is 12.2. The molecule has 0 aromatic heterocycles. The van der Waals surface area contributed by atoms with Crippen LogP contribution in [-0.4, -0.2) is 55.4 Å². The smallest absolute Gasteiger partial charge is 0.490 e. The summed E-state index contributed by atoms with van der Waals surface area (Å²) >= 11 is 3.47. The summed E-state index contributed by atoms with van der Waals surface area (Å²) in [5.74, 6) is -3.10. The Morgan fingerprint density at radius 3 is 2.55 bits per heavy atom. The van der Waals surface area contributed by atoms with Crippen LogP contribution in [0.4, 0.5) is 18.9 Å². The second-order valence-corrected chi connectivity index (χ2v) is 10.9. The molecular weight excluding hydrogens is 623 g/mol. The number of hydrogen-bond donors (Lipinski definition) is 2. The van der Waals surface area contributed by atoms with Crippen molar-refractivity contribution >= 4 is 50.2 Å². The Morgan fingerprint density at radius 1 is 1.17 bits per heavy atom. The first-order valence-electron chi connectivity index (χ1n) is 12.9. The van der Waals surface area contributed by atoms with Crippen LogP contribution in [0.2, 0.25) is 0 Å². The Morgan fingerprint density at radius 2 is 1.88 bits per heavy atom. The van der Waals surface area contributed by atoms with Crippen LogP contribution < -0.4 is 25.4 Å². The van der Waals surface area contributed by atoms with Crippen LogP contribution in [0.25, 0.3) is 10.8 Å². The molecule has 0 aliphatic carbocycles. The van der Waals surface area contributed by atoms with Crippen molar-refractivity contribution in [3.8, 4) is 11.5 Å². The number of methoxy groups -OCH3 is 1.